The molecule has 0 spiro atoms. The van der Waals surface area contributed by atoms with Crippen molar-refractivity contribution in [3.8, 4) is 5.88 Å². The van der Waals surface area contributed by atoms with Crippen LogP contribution in [0.15, 0.2) is 29.1 Å². The Balaban J connectivity index is 2.70. The molecule has 2 aromatic rings. The molecule has 0 saturated carbocycles. The van der Waals surface area contributed by atoms with Crippen LogP contribution in [0, 0.1) is 0 Å². The zero-order valence-corrected chi connectivity index (χ0v) is 7.82. The molecule has 1 heterocycles. The summed E-state index contributed by atoms with van der Waals surface area (Å²) in [5.41, 5.74) is 0.713. The number of aromatic amines is 1. The standard InChI is InChI=1S/C8H5N2O3P/c11-7-8(13-14-12)10-6-4-2-1-3-5(6)9-7/h1-4H,(H,9,11). The van der Waals surface area contributed by atoms with Crippen LogP contribution in [0.2, 0.25) is 0 Å². The Hall–Kier alpha value is -1.74. The molecule has 0 bridgehead atoms. The van der Waals surface area contributed by atoms with Crippen molar-refractivity contribution in [2.45, 2.75) is 0 Å². The van der Waals surface area contributed by atoms with Crippen LogP contribution in [-0.4, -0.2) is 9.97 Å². The average Bonchev–Trinajstić information content (AvgIpc) is 2.19. The first-order valence-electron chi connectivity index (χ1n) is 3.80. The van der Waals surface area contributed by atoms with Gasteiger partial charge in [-0.15, -0.1) is 0 Å². The lowest BCUT2D eigenvalue weighted by Crippen LogP contribution is -2.09. The highest BCUT2D eigenvalue weighted by atomic mass is 31.1. The zero-order chi connectivity index (χ0) is 9.97. The van der Waals surface area contributed by atoms with E-state index in [1.807, 2.05) is 0 Å². The molecule has 0 saturated heterocycles. The van der Waals surface area contributed by atoms with Crippen molar-refractivity contribution in [1.82, 2.24) is 9.97 Å². The van der Waals surface area contributed by atoms with Gasteiger partial charge < -0.3 is 9.51 Å². The van der Waals surface area contributed by atoms with Crippen molar-refractivity contribution in [1.29, 1.82) is 0 Å². The fourth-order valence-electron chi connectivity index (χ4n) is 1.11. The summed E-state index contributed by atoms with van der Waals surface area (Å²) in [6.45, 7) is 0. The summed E-state index contributed by atoms with van der Waals surface area (Å²) in [4.78, 5) is 17.7. The van der Waals surface area contributed by atoms with Gasteiger partial charge in [0.1, 0.15) is 0 Å². The highest BCUT2D eigenvalue weighted by molar-refractivity contribution is 7.17. The van der Waals surface area contributed by atoms with Crippen molar-refractivity contribution in [2.24, 2.45) is 0 Å². The second-order valence-corrected chi connectivity index (χ2v) is 2.89. The minimum atomic E-state index is -0.592. The molecular formula is C8H5N2O3P. The number of hydrogen-bond acceptors (Lipinski definition) is 4. The normalized spacial score (nSPS) is 10.6. The smallest absolute Gasteiger partial charge is 0.382 e. The fraction of sp³-hybridized carbons (Fsp3) is 0. The van der Waals surface area contributed by atoms with Gasteiger partial charge in [0.15, 0.2) is 0 Å². The summed E-state index contributed by atoms with van der Waals surface area (Å²) in [6, 6.07) is 7.01. The van der Waals surface area contributed by atoms with Gasteiger partial charge in [0.25, 0.3) is 5.88 Å². The molecule has 0 aliphatic heterocycles. The van der Waals surface area contributed by atoms with Crippen LogP contribution in [0.1, 0.15) is 0 Å². The van der Waals surface area contributed by atoms with Crippen LogP contribution in [0.25, 0.3) is 11.0 Å². The van der Waals surface area contributed by atoms with Gasteiger partial charge >= 0.3 is 14.2 Å². The number of H-pyrrole nitrogens is 1. The molecule has 5 nitrogen and oxygen atoms in total. The molecule has 70 valence electrons. The molecule has 0 radical (unpaired) electrons. The lowest BCUT2D eigenvalue weighted by Gasteiger charge is -1.97. The van der Waals surface area contributed by atoms with E-state index in [4.69, 9.17) is 0 Å². The predicted octanol–water partition coefficient (Wildman–Crippen LogP) is 1.51. The molecule has 1 aromatic heterocycles. The molecular weight excluding hydrogens is 203 g/mol. The third kappa shape index (κ3) is 1.49. The topological polar surface area (TPSA) is 72.0 Å². The van der Waals surface area contributed by atoms with Crippen LogP contribution in [0.5, 0.6) is 5.88 Å². The summed E-state index contributed by atoms with van der Waals surface area (Å²) in [5, 5.41) is 0. The van der Waals surface area contributed by atoms with E-state index < -0.39 is 14.2 Å². The molecule has 1 aromatic carbocycles. The lowest BCUT2D eigenvalue weighted by atomic mass is 10.3. The zero-order valence-electron chi connectivity index (χ0n) is 6.93. The first kappa shape index (κ1) is 8.84. The van der Waals surface area contributed by atoms with Crippen LogP contribution < -0.4 is 10.1 Å². The third-order valence-electron chi connectivity index (χ3n) is 1.69. The molecule has 0 aliphatic rings. The maximum absolute atomic E-state index is 11.2. The third-order valence-corrected chi connectivity index (χ3v) is 1.94. The monoisotopic (exact) mass is 208 g/mol. The number of rotatable bonds is 2. The number of para-hydroxylation sites is 2. The SMILES string of the molecule is O=POc1nc2ccccc2[nH]c1=O. The molecule has 0 fully saturated rings. The van der Waals surface area contributed by atoms with Crippen molar-refractivity contribution in [2.75, 3.05) is 0 Å². The summed E-state index contributed by atoms with van der Waals surface area (Å²) < 4.78 is 14.7. The number of aromatic nitrogens is 2. The van der Waals surface area contributed by atoms with Crippen LogP contribution in [0.3, 0.4) is 0 Å². The Labute approximate surface area is 80.0 Å². The second-order valence-electron chi connectivity index (χ2n) is 2.55. The van der Waals surface area contributed by atoms with Gasteiger partial charge in [-0.3, -0.25) is 4.79 Å². The van der Waals surface area contributed by atoms with Crippen LogP contribution in [0.4, 0.5) is 0 Å². The number of nitrogens with one attached hydrogen (secondary N) is 1. The summed E-state index contributed by atoms with van der Waals surface area (Å²) >= 11 is 0. The van der Waals surface area contributed by atoms with Crippen molar-refractivity contribution < 1.29 is 9.09 Å². The van der Waals surface area contributed by atoms with E-state index >= 15 is 0 Å². The highest BCUT2D eigenvalue weighted by Gasteiger charge is 2.04. The van der Waals surface area contributed by atoms with E-state index in [9.17, 15) is 9.36 Å². The Morgan fingerprint density at radius 3 is 2.93 bits per heavy atom. The average molecular weight is 208 g/mol. The Morgan fingerprint density at radius 2 is 2.14 bits per heavy atom. The molecule has 14 heavy (non-hydrogen) atoms. The molecule has 6 heteroatoms. The number of fused-ring (bicyclic) bond motifs is 1. The summed E-state index contributed by atoms with van der Waals surface area (Å²) in [5.74, 6) is -0.194. The van der Waals surface area contributed by atoms with E-state index in [0.29, 0.717) is 11.0 Å². The molecule has 0 aliphatic carbocycles. The summed E-state index contributed by atoms with van der Waals surface area (Å²) in [6.07, 6.45) is 0. The molecule has 0 unspecified atom stereocenters. The Bertz CT molecular complexity index is 537. The minimum Gasteiger partial charge on any atom is -0.382 e. The number of benzene rings is 1. The van der Waals surface area contributed by atoms with Crippen LogP contribution >= 0.6 is 8.69 Å². The van der Waals surface area contributed by atoms with E-state index in [2.05, 4.69) is 14.5 Å². The lowest BCUT2D eigenvalue weighted by molar-refractivity contribution is 0.511. The van der Waals surface area contributed by atoms with Gasteiger partial charge in [0, 0.05) is 0 Å². The summed E-state index contributed by atoms with van der Waals surface area (Å²) in [7, 11) is -0.592. The van der Waals surface area contributed by atoms with E-state index in [1.54, 1.807) is 24.3 Å². The Kier molecular flexibility index (Phi) is 2.24. The van der Waals surface area contributed by atoms with Gasteiger partial charge in [-0.2, -0.15) is 0 Å². The largest absolute Gasteiger partial charge is 0.397 e. The fourth-order valence-corrected chi connectivity index (χ4v) is 1.30. The molecule has 2 rings (SSSR count). The van der Waals surface area contributed by atoms with E-state index in [0.717, 1.165) is 0 Å². The molecule has 1 N–H and O–H groups in total. The van der Waals surface area contributed by atoms with E-state index in [-0.39, 0.29) is 5.88 Å². The Morgan fingerprint density at radius 1 is 1.36 bits per heavy atom. The predicted molar refractivity (Wildman–Crippen MR) is 50.6 cm³/mol. The van der Waals surface area contributed by atoms with Gasteiger partial charge in [0.05, 0.1) is 11.0 Å². The maximum atomic E-state index is 11.2. The minimum absolute atomic E-state index is 0.194. The van der Waals surface area contributed by atoms with E-state index in [1.165, 1.54) is 0 Å². The number of nitrogens with zero attached hydrogens (tertiary/aromatic N) is 1. The molecule has 0 amide bonds. The first-order valence-corrected chi connectivity index (χ1v) is 4.53. The van der Waals surface area contributed by atoms with Crippen molar-refractivity contribution in [3.05, 3.63) is 34.6 Å². The highest BCUT2D eigenvalue weighted by Crippen LogP contribution is 2.11. The number of hydrogen-bond donors (Lipinski definition) is 1. The first-order chi connectivity index (χ1) is 6.81. The van der Waals surface area contributed by atoms with Gasteiger partial charge in [-0.05, 0) is 12.1 Å². The van der Waals surface area contributed by atoms with Crippen LogP contribution in [-0.2, 0) is 4.57 Å². The van der Waals surface area contributed by atoms with Crippen molar-refractivity contribution in [3.63, 3.8) is 0 Å². The van der Waals surface area contributed by atoms with Gasteiger partial charge in [-0.25, -0.2) is 9.55 Å². The maximum Gasteiger partial charge on any atom is 0.397 e. The quantitative estimate of drug-likeness (QED) is 0.759. The van der Waals surface area contributed by atoms with Gasteiger partial charge in [-0.1, -0.05) is 12.1 Å². The van der Waals surface area contributed by atoms with Gasteiger partial charge in [0.2, 0.25) is 0 Å². The molecule has 0 atom stereocenters. The second kappa shape index (κ2) is 3.55. The van der Waals surface area contributed by atoms with Crippen molar-refractivity contribution >= 4 is 19.7 Å².